The van der Waals surface area contributed by atoms with Gasteiger partial charge in [0.05, 0.1) is 11.6 Å². The zero-order valence-corrected chi connectivity index (χ0v) is 10.1. The van der Waals surface area contributed by atoms with Crippen LogP contribution < -0.4 is 5.73 Å². The number of unbranched alkanes of at least 4 members (excludes halogenated alkanes) is 1. The molecule has 92 valence electrons. The summed E-state index contributed by atoms with van der Waals surface area (Å²) < 4.78 is 0. The fraction of sp³-hybridized carbons (Fsp3) is 0.667. The van der Waals surface area contributed by atoms with Gasteiger partial charge in [-0.05, 0) is 19.3 Å². The maximum atomic E-state index is 12.2. The molecule has 0 aromatic carbocycles. The summed E-state index contributed by atoms with van der Waals surface area (Å²) in [6.07, 6.45) is 3.72. The minimum absolute atomic E-state index is 0.0301. The molecule has 0 saturated carbocycles. The average Bonchev–Trinajstić information content (AvgIpc) is 2.79. The second-order valence-corrected chi connectivity index (χ2v) is 4.55. The normalized spacial score (nSPS) is 24.0. The Kier molecular flexibility index (Phi) is 3.23. The molecule has 5 heteroatoms. The number of rotatable bonds is 3. The number of hydrogen-bond acceptors (Lipinski definition) is 3. The summed E-state index contributed by atoms with van der Waals surface area (Å²) in [6.45, 7) is 3.42. The Morgan fingerprint density at radius 1 is 1.59 bits per heavy atom. The first-order chi connectivity index (χ1) is 8.20. The minimum atomic E-state index is -0.0784. The first kappa shape index (κ1) is 11.8. The summed E-state index contributed by atoms with van der Waals surface area (Å²) in [4.78, 5) is 15.6. The molecule has 1 atom stereocenters. The lowest BCUT2D eigenvalue weighted by Crippen LogP contribution is -2.52. The van der Waals surface area contributed by atoms with Crippen molar-refractivity contribution in [2.75, 3.05) is 13.1 Å². The van der Waals surface area contributed by atoms with Crippen LogP contribution in [-0.2, 0) is 0 Å². The SMILES string of the molecule is CCCCN1C(=O)N2CCCC2C(C#N)=C1N. The molecule has 0 aromatic rings. The summed E-state index contributed by atoms with van der Waals surface area (Å²) in [5.41, 5.74) is 6.52. The van der Waals surface area contributed by atoms with Crippen molar-refractivity contribution >= 4 is 6.03 Å². The number of nitriles is 1. The fourth-order valence-electron chi connectivity index (χ4n) is 2.53. The van der Waals surface area contributed by atoms with Crippen molar-refractivity contribution in [1.29, 1.82) is 5.26 Å². The van der Waals surface area contributed by atoms with E-state index in [0.717, 1.165) is 32.2 Å². The van der Waals surface area contributed by atoms with E-state index in [4.69, 9.17) is 5.73 Å². The highest BCUT2D eigenvalue weighted by molar-refractivity contribution is 5.80. The molecule has 5 nitrogen and oxygen atoms in total. The number of amides is 2. The molecule has 1 saturated heterocycles. The molecule has 2 amide bonds. The van der Waals surface area contributed by atoms with E-state index in [0.29, 0.717) is 17.9 Å². The van der Waals surface area contributed by atoms with Gasteiger partial charge in [-0.25, -0.2) is 4.79 Å². The van der Waals surface area contributed by atoms with Crippen LogP contribution in [0.4, 0.5) is 4.79 Å². The predicted octanol–water partition coefficient (Wildman–Crippen LogP) is 1.38. The molecular weight excluding hydrogens is 216 g/mol. The largest absolute Gasteiger partial charge is 0.384 e. The van der Waals surface area contributed by atoms with Crippen LogP contribution in [0.5, 0.6) is 0 Å². The van der Waals surface area contributed by atoms with Gasteiger partial charge in [0, 0.05) is 13.1 Å². The maximum absolute atomic E-state index is 12.2. The summed E-state index contributed by atoms with van der Waals surface area (Å²) in [6, 6.07) is 2.06. The zero-order valence-electron chi connectivity index (χ0n) is 10.1. The van der Waals surface area contributed by atoms with Gasteiger partial charge in [0.2, 0.25) is 0 Å². The number of urea groups is 1. The van der Waals surface area contributed by atoms with Crippen molar-refractivity contribution in [3.05, 3.63) is 11.4 Å². The highest BCUT2D eigenvalue weighted by Gasteiger charge is 2.40. The Morgan fingerprint density at radius 3 is 3.00 bits per heavy atom. The first-order valence-electron chi connectivity index (χ1n) is 6.18. The Hall–Kier alpha value is -1.70. The lowest BCUT2D eigenvalue weighted by atomic mass is 10.0. The van der Waals surface area contributed by atoms with E-state index in [-0.39, 0.29) is 12.1 Å². The van der Waals surface area contributed by atoms with Gasteiger partial charge in [-0.3, -0.25) is 4.90 Å². The average molecular weight is 234 g/mol. The van der Waals surface area contributed by atoms with Crippen molar-refractivity contribution in [3.8, 4) is 6.07 Å². The van der Waals surface area contributed by atoms with Crippen LogP contribution in [0.15, 0.2) is 11.4 Å². The van der Waals surface area contributed by atoms with E-state index in [9.17, 15) is 10.1 Å². The zero-order chi connectivity index (χ0) is 12.4. The number of nitrogens with two attached hydrogens (primary N) is 1. The number of carbonyl (C=O) groups excluding carboxylic acids is 1. The molecular formula is C12H18N4O. The lowest BCUT2D eigenvalue weighted by Gasteiger charge is -2.37. The Balaban J connectivity index is 2.31. The van der Waals surface area contributed by atoms with Crippen molar-refractivity contribution in [2.24, 2.45) is 5.73 Å². The molecule has 2 aliphatic rings. The van der Waals surface area contributed by atoms with Gasteiger partial charge in [0.15, 0.2) is 0 Å². The topological polar surface area (TPSA) is 73.4 Å². The minimum Gasteiger partial charge on any atom is -0.384 e. The van der Waals surface area contributed by atoms with Crippen molar-refractivity contribution in [1.82, 2.24) is 9.80 Å². The monoisotopic (exact) mass is 234 g/mol. The summed E-state index contributed by atoms with van der Waals surface area (Å²) in [5.74, 6) is 0.370. The van der Waals surface area contributed by atoms with Gasteiger partial charge in [-0.1, -0.05) is 13.3 Å². The van der Waals surface area contributed by atoms with Crippen LogP contribution in [0.25, 0.3) is 0 Å². The van der Waals surface area contributed by atoms with Crippen LogP contribution in [0, 0.1) is 11.3 Å². The predicted molar refractivity (Wildman–Crippen MR) is 63.6 cm³/mol. The summed E-state index contributed by atoms with van der Waals surface area (Å²) in [5, 5.41) is 9.19. The molecule has 1 fully saturated rings. The lowest BCUT2D eigenvalue weighted by molar-refractivity contribution is 0.154. The Morgan fingerprint density at radius 2 is 2.35 bits per heavy atom. The van der Waals surface area contributed by atoms with Gasteiger partial charge in [0.1, 0.15) is 11.9 Å². The molecule has 17 heavy (non-hydrogen) atoms. The number of carbonyl (C=O) groups is 1. The standard InChI is InChI=1S/C12H18N4O/c1-2-3-6-16-11(14)9(8-13)10-5-4-7-15(10)12(16)17/h10H,2-7,14H2,1H3. The second-order valence-electron chi connectivity index (χ2n) is 4.55. The molecule has 2 heterocycles. The number of fused-ring (bicyclic) bond motifs is 1. The molecule has 0 aliphatic carbocycles. The molecule has 0 bridgehead atoms. The molecule has 1 unspecified atom stereocenters. The molecule has 2 aliphatic heterocycles. The van der Waals surface area contributed by atoms with E-state index >= 15 is 0 Å². The molecule has 2 rings (SSSR count). The van der Waals surface area contributed by atoms with E-state index in [1.165, 1.54) is 0 Å². The van der Waals surface area contributed by atoms with E-state index in [2.05, 4.69) is 13.0 Å². The van der Waals surface area contributed by atoms with Crippen LogP contribution in [0.2, 0.25) is 0 Å². The smallest absolute Gasteiger partial charge is 0.326 e. The molecule has 0 aromatic heterocycles. The fourth-order valence-corrected chi connectivity index (χ4v) is 2.53. The first-order valence-corrected chi connectivity index (χ1v) is 6.18. The van der Waals surface area contributed by atoms with Gasteiger partial charge >= 0.3 is 6.03 Å². The Labute approximate surface area is 101 Å². The maximum Gasteiger partial charge on any atom is 0.326 e. The van der Waals surface area contributed by atoms with Crippen LogP contribution in [-0.4, -0.2) is 35.0 Å². The molecule has 0 radical (unpaired) electrons. The highest BCUT2D eigenvalue weighted by Crippen LogP contribution is 2.31. The van der Waals surface area contributed by atoms with Gasteiger partial charge in [0.25, 0.3) is 0 Å². The third-order valence-electron chi connectivity index (χ3n) is 3.49. The van der Waals surface area contributed by atoms with Crippen LogP contribution in [0.3, 0.4) is 0 Å². The molecule has 0 spiro atoms. The summed E-state index contributed by atoms with van der Waals surface area (Å²) in [7, 11) is 0. The number of hydrogen-bond donors (Lipinski definition) is 1. The molecule has 2 N–H and O–H groups in total. The van der Waals surface area contributed by atoms with Crippen molar-refractivity contribution in [2.45, 2.75) is 38.6 Å². The van der Waals surface area contributed by atoms with Crippen LogP contribution in [0.1, 0.15) is 32.6 Å². The van der Waals surface area contributed by atoms with E-state index in [1.807, 2.05) is 0 Å². The number of nitrogens with zero attached hydrogens (tertiary/aromatic N) is 3. The van der Waals surface area contributed by atoms with Gasteiger partial charge < -0.3 is 10.6 Å². The van der Waals surface area contributed by atoms with Crippen LogP contribution >= 0.6 is 0 Å². The van der Waals surface area contributed by atoms with Crippen molar-refractivity contribution in [3.63, 3.8) is 0 Å². The third-order valence-corrected chi connectivity index (χ3v) is 3.49. The van der Waals surface area contributed by atoms with E-state index < -0.39 is 0 Å². The quantitative estimate of drug-likeness (QED) is 0.801. The summed E-state index contributed by atoms with van der Waals surface area (Å²) >= 11 is 0. The van der Waals surface area contributed by atoms with E-state index in [1.54, 1.807) is 9.80 Å². The Bertz CT molecular complexity index is 396. The van der Waals surface area contributed by atoms with Gasteiger partial charge in [-0.15, -0.1) is 0 Å². The van der Waals surface area contributed by atoms with Gasteiger partial charge in [-0.2, -0.15) is 5.26 Å². The second kappa shape index (κ2) is 4.66. The third kappa shape index (κ3) is 1.84. The highest BCUT2D eigenvalue weighted by atomic mass is 16.2. The van der Waals surface area contributed by atoms with Crippen molar-refractivity contribution < 1.29 is 4.79 Å².